The first-order chi connectivity index (χ1) is 6.85. The molecule has 15 heavy (non-hydrogen) atoms. The highest BCUT2D eigenvalue weighted by Crippen LogP contribution is 2.34. The van der Waals surface area contributed by atoms with Crippen LogP contribution in [0.1, 0.15) is 10.4 Å². The van der Waals surface area contributed by atoms with Gasteiger partial charge in [-0.2, -0.15) is 0 Å². The molecular formula is C8H5BrF3NO2. The van der Waals surface area contributed by atoms with Gasteiger partial charge in [-0.15, -0.1) is 13.2 Å². The number of alkyl halides is 3. The highest BCUT2D eigenvalue weighted by atomic mass is 79.9. The summed E-state index contributed by atoms with van der Waals surface area (Å²) < 4.78 is 39.2. The second-order valence-corrected chi connectivity index (χ2v) is 3.34. The Labute approximate surface area is 91.1 Å². The average Bonchev–Trinajstić information content (AvgIpc) is 2.09. The van der Waals surface area contributed by atoms with Gasteiger partial charge in [0.05, 0.1) is 10.0 Å². The number of nitrogens with two attached hydrogens (primary N) is 1. The fourth-order valence-corrected chi connectivity index (χ4v) is 1.45. The van der Waals surface area contributed by atoms with Gasteiger partial charge in [-0.3, -0.25) is 4.79 Å². The van der Waals surface area contributed by atoms with Gasteiger partial charge in [0.25, 0.3) is 0 Å². The van der Waals surface area contributed by atoms with E-state index >= 15 is 0 Å². The number of carbonyl (C=O) groups is 1. The molecule has 0 heterocycles. The van der Waals surface area contributed by atoms with Crippen LogP contribution in [0.25, 0.3) is 0 Å². The Balaban J connectivity index is 3.16. The molecule has 0 saturated heterocycles. The lowest BCUT2D eigenvalue weighted by atomic mass is 10.2. The number of aldehydes is 1. The number of nitrogen functional groups attached to an aromatic ring is 1. The quantitative estimate of drug-likeness (QED) is 0.671. The van der Waals surface area contributed by atoms with Crippen molar-refractivity contribution in [3.8, 4) is 5.75 Å². The SMILES string of the molecule is Nc1ccc(OC(F)(F)F)c(Br)c1C=O. The molecule has 82 valence electrons. The lowest BCUT2D eigenvalue weighted by Crippen LogP contribution is -2.17. The van der Waals surface area contributed by atoms with Crippen molar-refractivity contribution in [2.75, 3.05) is 5.73 Å². The molecule has 0 aliphatic rings. The van der Waals surface area contributed by atoms with E-state index in [0.717, 1.165) is 12.1 Å². The van der Waals surface area contributed by atoms with Gasteiger partial charge in [0.2, 0.25) is 0 Å². The maximum absolute atomic E-state index is 11.9. The molecule has 3 nitrogen and oxygen atoms in total. The van der Waals surface area contributed by atoms with E-state index in [1.807, 2.05) is 0 Å². The molecule has 0 radical (unpaired) electrons. The van der Waals surface area contributed by atoms with E-state index in [0.29, 0.717) is 6.29 Å². The zero-order chi connectivity index (χ0) is 11.6. The van der Waals surface area contributed by atoms with Crippen molar-refractivity contribution in [3.63, 3.8) is 0 Å². The van der Waals surface area contributed by atoms with Gasteiger partial charge in [-0.1, -0.05) is 0 Å². The van der Waals surface area contributed by atoms with E-state index in [2.05, 4.69) is 20.7 Å². The van der Waals surface area contributed by atoms with Crippen molar-refractivity contribution in [3.05, 3.63) is 22.2 Å². The summed E-state index contributed by atoms with van der Waals surface area (Å²) in [5.41, 5.74) is 5.37. The van der Waals surface area contributed by atoms with Crippen molar-refractivity contribution < 1.29 is 22.7 Å². The zero-order valence-corrected chi connectivity index (χ0v) is 8.72. The fourth-order valence-electron chi connectivity index (χ4n) is 0.911. The molecule has 1 rings (SSSR count). The standard InChI is InChI=1S/C8H5BrF3NO2/c9-7-4(3-14)5(13)1-2-6(7)15-8(10,11)12/h1-3H,13H2. The molecule has 1 aromatic carbocycles. The molecule has 1 aromatic rings. The predicted octanol–water partition coefficient (Wildman–Crippen LogP) is 2.74. The Bertz CT molecular complexity index is 392. The summed E-state index contributed by atoms with van der Waals surface area (Å²) in [4.78, 5) is 10.5. The molecule has 0 fully saturated rings. The summed E-state index contributed by atoms with van der Waals surface area (Å²) in [5, 5.41) is 0. The first kappa shape index (κ1) is 11.8. The summed E-state index contributed by atoms with van der Waals surface area (Å²) in [7, 11) is 0. The van der Waals surface area contributed by atoms with Crippen molar-refractivity contribution in [2.45, 2.75) is 6.36 Å². The first-order valence-corrected chi connectivity index (χ1v) is 4.43. The number of benzene rings is 1. The van der Waals surface area contributed by atoms with Crippen molar-refractivity contribution in [1.82, 2.24) is 0 Å². The molecule has 0 aliphatic carbocycles. The number of halogens is 4. The van der Waals surface area contributed by atoms with Gasteiger partial charge in [0.1, 0.15) is 5.75 Å². The van der Waals surface area contributed by atoms with Crippen LogP contribution in [0.15, 0.2) is 16.6 Å². The van der Waals surface area contributed by atoms with Gasteiger partial charge in [-0.25, -0.2) is 0 Å². The number of anilines is 1. The number of ether oxygens (including phenoxy) is 1. The van der Waals surface area contributed by atoms with E-state index in [9.17, 15) is 18.0 Å². The van der Waals surface area contributed by atoms with Crippen LogP contribution in [0.4, 0.5) is 18.9 Å². The third kappa shape index (κ3) is 2.85. The normalized spacial score (nSPS) is 11.2. The first-order valence-electron chi connectivity index (χ1n) is 3.64. The summed E-state index contributed by atoms with van der Waals surface area (Å²) >= 11 is 2.81. The molecule has 0 saturated carbocycles. The van der Waals surface area contributed by atoms with Crippen molar-refractivity contribution >= 4 is 27.9 Å². The van der Waals surface area contributed by atoms with Gasteiger partial charge in [-0.05, 0) is 28.1 Å². The highest BCUT2D eigenvalue weighted by Gasteiger charge is 2.32. The Morgan fingerprint density at radius 3 is 2.47 bits per heavy atom. The summed E-state index contributed by atoms with van der Waals surface area (Å²) in [6, 6.07) is 2.19. The summed E-state index contributed by atoms with van der Waals surface area (Å²) in [6.07, 6.45) is -4.46. The van der Waals surface area contributed by atoms with Crippen LogP contribution in [0.2, 0.25) is 0 Å². The lowest BCUT2D eigenvalue weighted by molar-refractivity contribution is -0.274. The third-order valence-corrected chi connectivity index (χ3v) is 2.34. The number of hydrogen-bond acceptors (Lipinski definition) is 3. The van der Waals surface area contributed by atoms with Gasteiger partial charge >= 0.3 is 6.36 Å². The van der Waals surface area contributed by atoms with E-state index in [1.54, 1.807) is 0 Å². The second kappa shape index (κ2) is 4.09. The van der Waals surface area contributed by atoms with Crippen LogP contribution in [-0.2, 0) is 0 Å². The zero-order valence-electron chi connectivity index (χ0n) is 7.14. The van der Waals surface area contributed by atoms with Crippen LogP contribution >= 0.6 is 15.9 Å². The largest absolute Gasteiger partial charge is 0.573 e. The minimum atomic E-state index is -4.81. The maximum Gasteiger partial charge on any atom is 0.573 e. The van der Waals surface area contributed by atoms with E-state index in [1.165, 1.54) is 0 Å². The van der Waals surface area contributed by atoms with Gasteiger partial charge in [0.15, 0.2) is 6.29 Å². The monoisotopic (exact) mass is 283 g/mol. The molecular weight excluding hydrogens is 279 g/mol. The Hall–Kier alpha value is -1.24. The minimum absolute atomic E-state index is 0.0725. The molecule has 0 atom stereocenters. The molecule has 0 spiro atoms. The summed E-state index contributed by atoms with van der Waals surface area (Å²) in [6.45, 7) is 0. The molecule has 0 aromatic heterocycles. The number of hydrogen-bond donors (Lipinski definition) is 1. The van der Waals surface area contributed by atoms with Gasteiger partial charge < -0.3 is 10.5 Å². The van der Waals surface area contributed by atoms with Gasteiger partial charge in [0, 0.05) is 5.69 Å². The smallest absolute Gasteiger partial charge is 0.405 e. The molecule has 0 bridgehead atoms. The predicted molar refractivity (Wildman–Crippen MR) is 50.6 cm³/mol. The summed E-state index contributed by atoms with van der Waals surface area (Å²) in [5.74, 6) is -0.501. The molecule has 0 aliphatic heterocycles. The molecule has 7 heteroatoms. The molecule has 2 N–H and O–H groups in total. The Kier molecular flexibility index (Phi) is 3.23. The van der Waals surface area contributed by atoms with Crippen LogP contribution in [0.5, 0.6) is 5.75 Å². The Morgan fingerprint density at radius 2 is 2.00 bits per heavy atom. The molecule has 0 amide bonds. The van der Waals surface area contributed by atoms with E-state index in [4.69, 9.17) is 5.73 Å². The van der Waals surface area contributed by atoms with Crippen LogP contribution in [0.3, 0.4) is 0 Å². The number of carbonyl (C=O) groups excluding carboxylic acids is 1. The second-order valence-electron chi connectivity index (χ2n) is 2.55. The third-order valence-electron chi connectivity index (χ3n) is 1.52. The Morgan fingerprint density at radius 1 is 1.40 bits per heavy atom. The van der Waals surface area contributed by atoms with E-state index < -0.39 is 12.1 Å². The van der Waals surface area contributed by atoms with Crippen LogP contribution in [0, 0.1) is 0 Å². The minimum Gasteiger partial charge on any atom is -0.405 e. The van der Waals surface area contributed by atoms with Crippen LogP contribution in [-0.4, -0.2) is 12.6 Å². The van der Waals surface area contributed by atoms with Crippen molar-refractivity contribution in [2.24, 2.45) is 0 Å². The van der Waals surface area contributed by atoms with E-state index in [-0.39, 0.29) is 15.7 Å². The lowest BCUT2D eigenvalue weighted by Gasteiger charge is -2.12. The average molecular weight is 284 g/mol. The van der Waals surface area contributed by atoms with Crippen LogP contribution < -0.4 is 10.5 Å². The fraction of sp³-hybridized carbons (Fsp3) is 0.125. The van der Waals surface area contributed by atoms with Crippen molar-refractivity contribution in [1.29, 1.82) is 0 Å². The maximum atomic E-state index is 11.9. The highest BCUT2D eigenvalue weighted by molar-refractivity contribution is 9.10. The topological polar surface area (TPSA) is 52.3 Å². The number of rotatable bonds is 2. The molecule has 0 unspecified atom stereocenters.